The van der Waals surface area contributed by atoms with Crippen LogP contribution in [0, 0.1) is 5.41 Å². The van der Waals surface area contributed by atoms with Crippen LogP contribution in [0.1, 0.15) is 60.8 Å². The van der Waals surface area contributed by atoms with Gasteiger partial charge in [-0.15, -0.1) is 0 Å². The summed E-state index contributed by atoms with van der Waals surface area (Å²) in [5.41, 5.74) is 5.48. The zero-order chi connectivity index (χ0) is 16.9. The van der Waals surface area contributed by atoms with Gasteiger partial charge in [0.25, 0.3) is 0 Å². The molecule has 0 bridgehead atoms. The summed E-state index contributed by atoms with van der Waals surface area (Å²) in [6.07, 6.45) is 9.45. The van der Waals surface area contributed by atoms with E-state index in [0.717, 1.165) is 5.57 Å². The molecule has 0 spiro atoms. The van der Waals surface area contributed by atoms with Crippen molar-refractivity contribution in [1.29, 1.82) is 0 Å². The summed E-state index contributed by atoms with van der Waals surface area (Å²) in [6, 6.07) is -0.699. The van der Waals surface area contributed by atoms with Gasteiger partial charge in [-0.3, -0.25) is 4.99 Å². The lowest BCUT2D eigenvalue weighted by Gasteiger charge is -2.33. The predicted octanol–water partition coefficient (Wildman–Crippen LogP) is 4.95. The maximum atomic E-state index is 10.7. The van der Waals surface area contributed by atoms with Gasteiger partial charge >= 0.3 is 5.97 Å². The van der Waals surface area contributed by atoms with Crippen molar-refractivity contribution in [3.05, 3.63) is 34.4 Å². The van der Waals surface area contributed by atoms with Crippen LogP contribution in [-0.2, 0) is 4.79 Å². The smallest absolute Gasteiger partial charge is 0.328 e. The van der Waals surface area contributed by atoms with Crippen molar-refractivity contribution in [2.24, 2.45) is 10.4 Å². The Morgan fingerprint density at radius 1 is 1.32 bits per heavy atom. The molecule has 0 unspecified atom stereocenters. The molecule has 0 fully saturated rings. The van der Waals surface area contributed by atoms with E-state index in [2.05, 4.69) is 38.8 Å². The third-order valence-electron chi connectivity index (χ3n) is 4.52. The fraction of sp³-hybridized carbons (Fsp3) is 0.579. The number of carboxylic acid groups (broad SMARTS) is 1. The molecule has 1 atom stereocenters. The Kier molecular flexibility index (Phi) is 6.34. The van der Waals surface area contributed by atoms with Crippen LogP contribution in [0.5, 0.6) is 0 Å². The van der Waals surface area contributed by atoms with Crippen LogP contribution in [-0.4, -0.2) is 23.3 Å². The number of aliphatic imine (C=N–C) groups is 1. The van der Waals surface area contributed by atoms with Gasteiger partial charge in [0.2, 0.25) is 0 Å². The number of rotatable bonds is 5. The lowest BCUT2D eigenvalue weighted by atomic mass is 9.72. The molecule has 3 nitrogen and oxygen atoms in total. The van der Waals surface area contributed by atoms with Gasteiger partial charge in [0.05, 0.1) is 0 Å². The van der Waals surface area contributed by atoms with Crippen LogP contribution in [0.4, 0.5) is 0 Å². The third-order valence-corrected chi connectivity index (χ3v) is 4.52. The molecule has 0 aromatic heterocycles. The van der Waals surface area contributed by atoms with Crippen LogP contribution in [0.2, 0.25) is 0 Å². The van der Waals surface area contributed by atoms with E-state index in [1.54, 1.807) is 13.1 Å². The van der Waals surface area contributed by atoms with E-state index in [1.165, 1.54) is 36.0 Å². The molecule has 0 aliphatic heterocycles. The second-order valence-electron chi connectivity index (χ2n) is 6.92. The second-order valence-corrected chi connectivity index (χ2v) is 6.92. The van der Waals surface area contributed by atoms with E-state index in [-0.39, 0.29) is 5.41 Å². The maximum Gasteiger partial charge on any atom is 0.328 e. The highest BCUT2D eigenvalue weighted by atomic mass is 16.4. The Morgan fingerprint density at radius 2 is 1.95 bits per heavy atom. The number of carboxylic acids is 1. The van der Waals surface area contributed by atoms with Crippen LogP contribution in [0.15, 0.2) is 39.4 Å². The number of carbonyl (C=O) groups is 1. The number of nitrogens with zero attached hydrogens (tertiary/aromatic N) is 1. The summed E-state index contributed by atoms with van der Waals surface area (Å²) >= 11 is 0. The first-order valence-corrected chi connectivity index (χ1v) is 7.97. The zero-order valence-corrected chi connectivity index (χ0v) is 14.7. The van der Waals surface area contributed by atoms with Crippen molar-refractivity contribution >= 4 is 12.2 Å². The largest absolute Gasteiger partial charge is 0.480 e. The lowest BCUT2D eigenvalue weighted by Crippen LogP contribution is -2.19. The van der Waals surface area contributed by atoms with Crippen LogP contribution in [0.25, 0.3) is 0 Å². The monoisotopic (exact) mass is 303 g/mol. The fourth-order valence-electron chi connectivity index (χ4n) is 2.77. The summed E-state index contributed by atoms with van der Waals surface area (Å²) in [5, 5.41) is 8.81. The predicted molar refractivity (Wildman–Crippen MR) is 93.4 cm³/mol. The average Bonchev–Trinajstić information content (AvgIpc) is 2.42. The van der Waals surface area contributed by atoms with E-state index < -0.39 is 12.0 Å². The van der Waals surface area contributed by atoms with Gasteiger partial charge in [-0.1, -0.05) is 25.5 Å². The zero-order valence-electron chi connectivity index (χ0n) is 14.7. The minimum atomic E-state index is -0.903. The van der Waals surface area contributed by atoms with Crippen LogP contribution >= 0.6 is 0 Å². The molecule has 3 heteroatoms. The first-order valence-electron chi connectivity index (χ1n) is 7.97. The third kappa shape index (κ3) is 4.97. The highest BCUT2D eigenvalue weighted by Crippen LogP contribution is 2.41. The summed E-state index contributed by atoms with van der Waals surface area (Å²) in [6.45, 7) is 12.6. The molecular weight excluding hydrogens is 274 g/mol. The molecular formula is C19H29NO2. The molecule has 0 saturated carbocycles. The summed E-state index contributed by atoms with van der Waals surface area (Å²) in [7, 11) is 0. The molecule has 1 aliphatic rings. The Morgan fingerprint density at radius 3 is 2.50 bits per heavy atom. The Bertz CT molecular complexity index is 548. The highest BCUT2D eigenvalue weighted by Gasteiger charge is 2.26. The molecule has 22 heavy (non-hydrogen) atoms. The first kappa shape index (κ1) is 18.4. The molecule has 0 aromatic rings. The van der Waals surface area contributed by atoms with Gasteiger partial charge in [0.15, 0.2) is 0 Å². The quantitative estimate of drug-likeness (QED) is 0.577. The van der Waals surface area contributed by atoms with E-state index in [1.807, 2.05) is 13.0 Å². The normalized spacial score (nSPS) is 21.4. The molecule has 1 N–H and O–H groups in total. The molecule has 0 heterocycles. The Balaban J connectivity index is 2.94. The van der Waals surface area contributed by atoms with Crippen LogP contribution in [0.3, 0.4) is 0 Å². The number of hydrogen-bond donors (Lipinski definition) is 1. The Labute approximate surface area is 134 Å². The van der Waals surface area contributed by atoms with Crippen molar-refractivity contribution < 1.29 is 9.90 Å². The van der Waals surface area contributed by atoms with E-state index in [4.69, 9.17) is 5.11 Å². The summed E-state index contributed by atoms with van der Waals surface area (Å²) < 4.78 is 0. The van der Waals surface area contributed by atoms with Crippen LogP contribution < -0.4 is 0 Å². The molecule has 0 radical (unpaired) electrons. The molecule has 0 aromatic carbocycles. The minimum Gasteiger partial charge on any atom is -0.480 e. The van der Waals surface area contributed by atoms with Gasteiger partial charge in [0, 0.05) is 6.21 Å². The minimum absolute atomic E-state index is 0.232. The molecule has 0 saturated heterocycles. The topological polar surface area (TPSA) is 49.7 Å². The van der Waals surface area contributed by atoms with Crippen molar-refractivity contribution in [2.75, 3.05) is 0 Å². The average molecular weight is 303 g/mol. The van der Waals surface area contributed by atoms with E-state index in [0.29, 0.717) is 0 Å². The lowest BCUT2D eigenvalue weighted by molar-refractivity contribution is -0.137. The molecule has 1 rings (SSSR count). The van der Waals surface area contributed by atoms with Crippen molar-refractivity contribution in [2.45, 2.75) is 66.8 Å². The summed E-state index contributed by atoms with van der Waals surface area (Å²) in [4.78, 5) is 14.7. The number of aliphatic carboxylic acids is 1. The van der Waals surface area contributed by atoms with Crippen molar-refractivity contribution in [3.63, 3.8) is 0 Å². The van der Waals surface area contributed by atoms with Gasteiger partial charge in [-0.25, -0.2) is 4.79 Å². The number of allylic oxidation sites excluding steroid dienone is 6. The van der Waals surface area contributed by atoms with Gasteiger partial charge in [-0.2, -0.15) is 0 Å². The van der Waals surface area contributed by atoms with Gasteiger partial charge in [-0.05, 0) is 75.2 Å². The van der Waals surface area contributed by atoms with E-state index in [9.17, 15) is 4.79 Å². The number of hydrogen-bond acceptors (Lipinski definition) is 2. The van der Waals surface area contributed by atoms with Crippen molar-refractivity contribution in [3.8, 4) is 0 Å². The standard InChI is InChI=1S/C19H29NO2/c1-13(9-11-20-16(4)18(21)22)15(3)12-17-14(2)8-7-10-19(17,5)6/h9,11-12,16H,7-8,10H2,1-6H3,(H,21,22)/t16-/m0/s1. The van der Waals surface area contributed by atoms with Gasteiger partial charge in [0.1, 0.15) is 6.04 Å². The fourth-order valence-corrected chi connectivity index (χ4v) is 2.77. The van der Waals surface area contributed by atoms with Crippen molar-refractivity contribution in [1.82, 2.24) is 0 Å². The second kappa shape index (κ2) is 7.57. The molecule has 0 amide bonds. The van der Waals surface area contributed by atoms with E-state index >= 15 is 0 Å². The molecule has 122 valence electrons. The Hall–Kier alpha value is -1.64. The first-order chi connectivity index (χ1) is 10.1. The molecule has 1 aliphatic carbocycles. The highest BCUT2D eigenvalue weighted by molar-refractivity contribution is 5.79. The van der Waals surface area contributed by atoms with Gasteiger partial charge < -0.3 is 5.11 Å². The maximum absolute atomic E-state index is 10.7. The summed E-state index contributed by atoms with van der Waals surface area (Å²) in [5.74, 6) is -0.903. The SMILES string of the molecule is CC(=CC=N[C@@H](C)C(=O)O)C(C)=CC1=C(C)CCCC1(C)C.